The average Bonchev–Trinajstić information content (AvgIpc) is 3.03. The Labute approximate surface area is 170 Å². The molecular formula is C18H24ClN3O3S2. The van der Waals surface area contributed by atoms with Crippen LogP contribution in [-0.4, -0.2) is 27.4 Å². The molecule has 0 fully saturated rings. The van der Waals surface area contributed by atoms with Crippen molar-refractivity contribution in [1.82, 2.24) is 4.72 Å². The van der Waals surface area contributed by atoms with Gasteiger partial charge in [0.15, 0.2) is 0 Å². The summed E-state index contributed by atoms with van der Waals surface area (Å²) in [6.45, 7) is 2.61. The summed E-state index contributed by atoms with van der Waals surface area (Å²) in [7, 11) is -3.63. The molecule has 2 aromatic rings. The van der Waals surface area contributed by atoms with Gasteiger partial charge in [0.1, 0.15) is 0 Å². The lowest BCUT2D eigenvalue weighted by Crippen LogP contribution is -2.29. The molecule has 148 valence electrons. The number of halogens is 1. The SMILES string of the molecule is CC1CCc2sc(C(=O)Nc3cccc(S(=O)(=O)NCCN)c3)cc2C1.Cl. The largest absolute Gasteiger partial charge is 0.329 e. The fourth-order valence-corrected chi connectivity index (χ4v) is 5.22. The number of thiophene rings is 1. The number of hydrogen-bond donors (Lipinski definition) is 3. The van der Waals surface area contributed by atoms with E-state index in [0.29, 0.717) is 16.5 Å². The molecule has 1 heterocycles. The van der Waals surface area contributed by atoms with Crippen molar-refractivity contribution in [2.24, 2.45) is 11.7 Å². The van der Waals surface area contributed by atoms with Crippen molar-refractivity contribution in [2.75, 3.05) is 18.4 Å². The zero-order valence-corrected chi connectivity index (χ0v) is 17.5. The van der Waals surface area contributed by atoms with Crippen LogP contribution >= 0.6 is 23.7 Å². The predicted octanol–water partition coefficient (Wildman–Crippen LogP) is 2.78. The Kier molecular flexibility index (Phi) is 7.41. The van der Waals surface area contributed by atoms with Gasteiger partial charge in [-0.15, -0.1) is 23.7 Å². The number of anilines is 1. The molecule has 27 heavy (non-hydrogen) atoms. The van der Waals surface area contributed by atoms with E-state index in [1.165, 1.54) is 33.9 Å². The number of nitrogens with one attached hydrogen (secondary N) is 2. The van der Waals surface area contributed by atoms with Crippen LogP contribution in [0.5, 0.6) is 0 Å². The van der Waals surface area contributed by atoms with Gasteiger partial charge in [-0.25, -0.2) is 13.1 Å². The topological polar surface area (TPSA) is 101 Å². The maximum atomic E-state index is 12.6. The van der Waals surface area contributed by atoms with Crippen LogP contribution < -0.4 is 15.8 Å². The fourth-order valence-electron chi connectivity index (χ4n) is 3.03. The third-order valence-corrected chi connectivity index (χ3v) is 7.09. The van der Waals surface area contributed by atoms with E-state index in [-0.39, 0.29) is 36.3 Å². The fraction of sp³-hybridized carbons (Fsp3) is 0.389. The molecule has 1 aliphatic rings. The van der Waals surface area contributed by atoms with Gasteiger partial charge in [-0.1, -0.05) is 13.0 Å². The number of sulfonamides is 1. The summed E-state index contributed by atoms with van der Waals surface area (Å²) in [4.78, 5) is 14.6. The van der Waals surface area contributed by atoms with Gasteiger partial charge in [0.2, 0.25) is 10.0 Å². The highest BCUT2D eigenvalue weighted by Gasteiger charge is 2.21. The van der Waals surface area contributed by atoms with Crippen LogP contribution in [0.25, 0.3) is 0 Å². The van der Waals surface area contributed by atoms with Crippen LogP contribution in [0.2, 0.25) is 0 Å². The monoisotopic (exact) mass is 429 g/mol. The Morgan fingerprint density at radius 3 is 2.85 bits per heavy atom. The van der Waals surface area contributed by atoms with Crippen LogP contribution in [0.1, 0.15) is 33.5 Å². The first kappa shape index (κ1) is 21.8. The van der Waals surface area contributed by atoms with Crippen molar-refractivity contribution in [3.63, 3.8) is 0 Å². The van der Waals surface area contributed by atoms with E-state index in [1.54, 1.807) is 12.1 Å². The molecule has 0 radical (unpaired) electrons. The summed E-state index contributed by atoms with van der Waals surface area (Å²) in [6.07, 6.45) is 3.19. The van der Waals surface area contributed by atoms with E-state index in [1.807, 2.05) is 6.07 Å². The summed E-state index contributed by atoms with van der Waals surface area (Å²) in [6, 6.07) is 8.18. The highest BCUT2D eigenvalue weighted by atomic mass is 35.5. The second-order valence-electron chi connectivity index (χ2n) is 6.58. The Morgan fingerprint density at radius 1 is 1.33 bits per heavy atom. The van der Waals surface area contributed by atoms with E-state index in [2.05, 4.69) is 17.0 Å². The Morgan fingerprint density at radius 2 is 2.11 bits per heavy atom. The lowest BCUT2D eigenvalue weighted by molar-refractivity contribution is 0.103. The van der Waals surface area contributed by atoms with Gasteiger partial charge in [0.05, 0.1) is 9.77 Å². The zero-order valence-electron chi connectivity index (χ0n) is 15.0. The lowest BCUT2D eigenvalue weighted by Gasteiger charge is -2.16. The molecule has 1 unspecified atom stereocenters. The van der Waals surface area contributed by atoms with Crippen molar-refractivity contribution >= 4 is 45.4 Å². The molecule has 1 atom stereocenters. The van der Waals surface area contributed by atoms with E-state index in [9.17, 15) is 13.2 Å². The van der Waals surface area contributed by atoms with E-state index in [0.717, 1.165) is 19.3 Å². The van der Waals surface area contributed by atoms with Gasteiger partial charge in [-0.3, -0.25) is 4.79 Å². The van der Waals surface area contributed by atoms with Crippen LogP contribution in [0.3, 0.4) is 0 Å². The zero-order chi connectivity index (χ0) is 18.7. The van der Waals surface area contributed by atoms with E-state index >= 15 is 0 Å². The number of fused-ring (bicyclic) bond motifs is 1. The summed E-state index contributed by atoms with van der Waals surface area (Å²) in [5.41, 5.74) is 7.06. The second kappa shape index (κ2) is 9.16. The minimum absolute atomic E-state index is 0. The Balaban J connectivity index is 0.00000261. The van der Waals surface area contributed by atoms with E-state index in [4.69, 9.17) is 5.73 Å². The normalized spacial score (nSPS) is 16.3. The number of nitrogens with two attached hydrogens (primary N) is 1. The summed E-state index contributed by atoms with van der Waals surface area (Å²) >= 11 is 1.53. The number of benzene rings is 1. The molecule has 9 heteroatoms. The van der Waals surface area contributed by atoms with Gasteiger partial charge < -0.3 is 11.1 Å². The lowest BCUT2D eigenvalue weighted by atomic mass is 9.90. The summed E-state index contributed by atoms with van der Waals surface area (Å²) in [5.74, 6) is 0.442. The van der Waals surface area contributed by atoms with Gasteiger partial charge >= 0.3 is 0 Å². The number of hydrogen-bond acceptors (Lipinski definition) is 5. The van der Waals surface area contributed by atoms with Crippen molar-refractivity contribution in [1.29, 1.82) is 0 Å². The molecule has 1 aliphatic carbocycles. The molecular weight excluding hydrogens is 406 g/mol. The molecule has 6 nitrogen and oxygen atoms in total. The number of carbonyl (C=O) groups is 1. The molecule has 1 aromatic heterocycles. The Hall–Kier alpha value is -1.45. The number of aryl methyl sites for hydroxylation is 1. The summed E-state index contributed by atoms with van der Waals surface area (Å²) in [5, 5.41) is 2.80. The molecule has 0 bridgehead atoms. The van der Waals surface area contributed by atoms with Gasteiger partial charge in [-0.05, 0) is 55.0 Å². The number of rotatable bonds is 6. The molecule has 0 saturated heterocycles. The molecule has 0 spiro atoms. The maximum Gasteiger partial charge on any atom is 0.265 e. The van der Waals surface area contributed by atoms with Crippen LogP contribution in [0.15, 0.2) is 35.2 Å². The highest BCUT2D eigenvalue weighted by Crippen LogP contribution is 2.32. The van der Waals surface area contributed by atoms with Gasteiger partial charge in [-0.2, -0.15) is 0 Å². The molecule has 1 aromatic carbocycles. The Bertz CT molecular complexity index is 912. The van der Waals surface area contributed by atoms with Crippen molar-refractivity contribution < 1.29 is 13.2 Å². The molecule has 4 N–H and O–H groups in total. The first-order chi connectivity index (χ1) is 12.4. The average molecular weight is 430 g/mol. The maximum absolute atomic E-state index is 12.6. The molecule has 0 saturated carbocycles. The summed E-state index contributed by atoms with van der Waals surface area (Å²) < 4.78 is 26.8. The first-order valence-corrected chi connectivity index (χ1v) is 10.9. The standard InChI is InChI=1S/C18H23N3O3S2.ClH/c1-12-5-6-16-13(9-12)10-17(25-16)18(22)21-14-3-2-4-15(11-14)26(23,24)20-8-7-19;/h2-4,10-12,20H,5-9,19H2,1H3,(H,21,22);1H. The van der Waals surface area contributed by atoms with E-state index < -0.39 is 10.0 Å². The van der Waals surface area contributed by atoms with Crippen LogP contribution in [0, 0.1) is 5.92 Å². The number of carbonyl (C=O) groups excluding carboxylic acids is 1. The quantitative estimate of drug-likeness (QED) is 0.657. The van der Waals surface area contributed by atoms with Crippen LogP contribution in [0.4, 0.5) is 5.69 Å². The molecule has 3 rings (SSSR count). The second-order valence-corrected chi connectivity index (χ2v) is 9.48. The van der Waals surface area contributed by atoms with Gasteiger partial charge in [0.25, 0.3) is 5.91 Å². The smallest absolute Gasteiger partial charge is 0.265 e. The number of amides is 1. The van der Waals surface area contributed by atoms with Crippen molar-refractivity contribution in [2.45, 2.75) is 31.1 Å². The third-order valence-electron chi connectivity index (χ3n) is 4.39. The predicted molar refractivity (Wildman–Crippen MR) is 111 cm³/mol. The van der Waals surface area contributed by atoms with Crippen molar-refractivity contribution in [3.8, 4) is 0 Å². The van der Waals surface area contributed by atoms with Crippen molar-refractivity contribution in [3.05, 3.63) is 45.6 Å². The molecule has 0 aliphatic heterocycles. The third kappa shape index (κ3) is 5.30. The van der Waals surface area contributed by atoms with Crippen LogP contribution in [-0.2, 0) is 22.9 Å². The minimum Gasteiger partial charge on any atom is -0.329 e. The van der Waals surface area contributed by atoms with Gasteiger partial charge in [0, 0.05) is 23.7 Å². The minimum atomic E-state index is -3.63. The highest BCUT2D eigenvalue weighted by molar-refractivity contribution is 7.89. The first-order valence-electron chi connectivity index (χ1n) is 8.62. The molecule has 1 amide bonds.